The molecule has 0 amide bonds. The van der Waals surface area contributed by atoms with Crippen LogP contribution in [-0.2, 0) is 0 Å². The van der Waals surface area contributed by atoms with Crippen molar-refractivity contribution in [3.05, 3.63) is 58.6 Å². The summed E-state index contributed by atoms with van der Waals surface area (Å²) in [6.07, 6.45) is 0.968. The summed E-state index contributed by atoms with van der Waals surface area (Å²) in [6.45, 7) is 2.10. The van der Waals surface area contributed by atoms with E-state index in [0.29, 0.717) is 0 Å². The van der Waals surface area contributed by atoms with Gasteiger partial charge in [0, 0.05) is 10.5 Å². The van der Waals surface area contributed by atoms with Gasteiger partial charge in [-0.15, -0.1) is 0 Å². The first kappa shape index (κ1) is 12.3. The molecule has 2 rings (SSSR count). The van der Waals surface area contributed by atoms with Crippen molar-refractivity contribution in [2.45, 2.75) is 19.4 Å². The van der Waals surface area contributed by atoms with Crippen LogP contribution in [0.15, 0.2) is 53.0 Å². The van der Waals surface area contributed by atoms with Crippen molar-refractivity contribution in [2.75, 3.05) is 0 Å². The molecule has 0 radical (unpaired) electrons. The molecule has 0 spiro atoms. The number of rotatable bonds is 3. The van der Waals surface area contributed by atoms with Gasteiger partial charge in [-0.2, -0.15) is 0 Å². The van der Waals surface area contributed by atoms with E-state index in [2.05, 4.69) is 59.3 Å². The van der Waals surface area contributed by atoms with Crippen molar-refractivity contribution in [3.63, 3.8) is 0 Å². The molecule has 0 aliphatic carbocycles. The van der Waals surface area contributed by atoms with Gasteiger partial charge in [-0.3, -0.25) is 0 Å². The lowest BCUT2D eigenvalue weighted by Gasteiger charge is -2.10. The van der Waals surface area contributed by atoms with Crippen LogP contribution in [0.3, 0.4) is 0 Å². The monoisotopic (exact) mass is 289 g/mol. The Morgan fingerprint density at radius 3 is 2.35 bits per heavy atom. The lowest BCUT2D eigenvalue weighted by Crippen LogP contribution is -2.07. The third-order valence-electron chi connectivity index (χ3n) is 2.94. The molecule has 0 aliphatic rings. The molecule has 0 aliphatic heterocycles. The van der Waals surface area contributed by atoms with Gasteiger partial charge in [-0.05, 0) is 35.2 Å². The molecular weight excluding hydrogens is 274 g/mol. The predicted molar refractivity (Wildman–Crippen MR) is 76.8 cm³/mol. The zero-order valence-electron chi connectivity index (χ0n) is 9.86. The fraction of sp³-hybridized carbons (Fsp3) is 0.200. The fourth-order valence-corrected chi connectivity index (χ4v) is 2.23. The van der Waals surface area contributed by atoms with Crippen molar-refractivity contribution in [2.24, 2.45) is 5.73 Å². The smallest absolute Gasteiger partial charge is 0.0292 e. The van der Waals surface area contributed by atoms with E-state index >= 15 is 0 Å². The Bertz CT molecular complexity index is 491. The molecule has 2 aromatic rings. The van der Waals surface area contributed by atoms with E-state index in [-0.39, 0.29) is 6.04 Å². The van der Waals surface area contributed by atoms with Gasteiger partial charge in [-0.25, -0.2) is 0 Å². The van der Waals surface area contributed by atoms with Gasteiger partial charge in [-0.1, -0.05) is 59.3 Å². The molecule has 0 heterocycles. The highest BCUT2D eigenvalue weighted by Gasteiger charge is 2.03. The highest BCUT2D eigenvalue weighted by atomic mass is 79.9. The quantitative estimate of drug-likeness (QED) is 0.883. The molecule has 0 aromatic heterocycles. The molecule has 1 nitrogen and oxygen atoms in total. The van der Waals surface area contributed by atoms with Crippen LogP contribution in [0.1, 0.15) is 24.9 Å². The van der Waals surface area contributed by atoms with Crippen molar-refractivity contribution in [3.8, 4) is 11.1 Å². The summed E-state index contributed by atoms with van der Waals surface area (Å²) in [5.41, 5.74) is 9.64. The Labute approximate surface area is 111 Å². The van der Waals surface area contributed by atoms with Crippen LogP contribution in [0.2, 0.25) is 0 Å². The number of hydrogen-bond acceptors (Lipinski definition) is 1. The van der Waals surface area contributed by atoms with Crippen LogP contribution in [0, 0.1) is 0 Å². The highest BCUT2D eigenvalue weighted by Crippen LogP contribution is 2.24. The maximum absolute atomic E-state index is 6.00. The summed E-state index contributed by atoms with van der Waals surface area (Å²) >= 11 is 3.49. The predicted octanol–water partition coefficient (Wildman–Crippen LogP) is 4.53. The Morgan fingerprint density at radius 1 is 1.06 bits per heavy atom. The van der Waals surface area contributed by atoms with Crippen LogP contribution < -0.4 is 5.73 Å². The van der Waals surface area contributed by atoms with E-state index in [0.717, 1.165) is 10.9 Å². The highest BCUT2D eigenvalue weighted by molar-refractivity contribution is 9.10. The van der Waals surface area contributed by atoms with Crippen LogP contribution in [0.25, 0.3) is 11.1 Å². The molecule has 88 valence electrons. The second kappa shape index (κ2) is 5.48. The maximum Gasteiger partial charge on any atom is 0.0292 e. The minimum atomic E-state index is 0.145. The van der Waals surface area contributed by atoms with Crippen LogP contribution in [-0.4, -0.2) is 0 Å². The third kappa shape index (κ3) is 2.96. The van der Waals surface area contributed by atoms with Gasteiger partial charge < -0.3 is 5.73 Å². The van der Waals surface area contributed by atoms with Gasteiger partial charge >= 0.3 is 0 Å². The number of nitrogens with two attached hydrogens (primary N) is 1. The molecule has 1 atom stereocenters. The molecule has 0 bridgehead atoms. The Kier molecular flexibility index (Phi) is 3.97. The first-order valence-corrected chi connectivity index (χ1v) is 6.61. The first-order valence-electron chi connectivity index (χ1n) is 5.82. The standard InChI is InChI=1S/C15H16BrN/c1-2-15(17)12-8-6-11(7-9-12)13-4-3-5-14(16)10-13/h3-10,15H,2,17H2,1H3. The van der Waals surface area contributed by atoms with Gasteiger partial charge in [0.2, 0.25) is 0 Å². The van der Waals surface area contributed by atoms with Crippen molar-refractivity contribution in [1.82, 2.24) is 0 Å². The lowest BCUT2D eigenvalue weighted by atomic mass is 10.0. The van der Waals surface area contributed by atoms with E-state index in [1.54, 1.807) is 0 Å². The number of hydrogen-bond donors (Lipinski definition) is 1. The molecule has 1 unspecified atom stereocenters. The van der Waals surface area contributed by atoms with Gasteiger partial charge in [0.25, 0.3) is 0 Å². The van der Waals surface area contributed by atoms with E-state index in [1.165, 1.54) is 16.7 Å². The Hall–Kier alpha value is -1.12. The van der Waals surface area contributed by atoms with E-state index in [1.807, 2.05) is 12.1 Å². The molecule has 0 fully saturated rings. The van der Waals surface area contributed by atoms with E-state index in [9.17, 15) is 0 Å². The molecule has 2 heteroatoms. The zero-order chi connectivity index (χ0) is 12.3. The summed E-state index contributed by atoms with van der Waals surface area (Å²) in [5.74, 6) is 0. The summed E-state index contributed by atoms with van der Waals surface area (Å²) in [4.78, 5) is 0. The maximum atomic E-state index is 6.00. The zero-order valence-corrected chi connectivity index (χ0v) is 11.4. The first-order chi connectivity index (χ1) is 8.20. The molecule has 0 saturated heterocycles. The Morgan fingerprint density at radius 2 is 1.76 bits per heavy atom. The molecular formula is C15H16BrN. The van der Waals surface area contributed by atoms with Crippen LogP contribution >= 0.6 is 15.9 Å². The van der Waals surface area contributed by atoms with Crippen molar-refractivity contribution in [1.29, 1.82) is 0 Å². The molecule has 0 saturated carbocycles. The second-order valence-corrected chi connectivity index (χ2v) is 5.06. The van der Waals surface area contributed by atoms with Crippen molar-refractivity contribution < 1.29 is 0 Å². The van der Waals surface area contributed by atoms with E-state index < -0.39 is 0 Å². The number of benzene rings is 2. The van der Waals surface area contributed by atoms with Gasteiger partial charge in [0.05, 0.1) is 0 Å². The van der Waals surface area contributed by atoms with Crippen molar-refractivity contribution >= 4 is 15.9 Å². The average Bonchev–Trinajstić information content (AvgIpc) is 2.38. The van der Waals surface area contributed by atoms with Gasteiger partial charge in [0.15, 0.2) is 0 Å². The SMILES string of the molecule is CCC(N)c1ccc(-c2cccc(Br)c2)cc1. The number of halogens is 1. The molecule has 2 aromatic carbocycles. The molecule has 17 heavy (non-hydrogen) atoms. The molecule has 2 N–H and O–H groups in total. The summed E-state index contributed by atoms with van der Waals surface area (Å²) in [6, 6.07) is 16.9. The van der Waals surface area contributed by atoms with Gasteiger partial charge in [0.1, 0.15) is 0 Å². The second-order valence-electron chi connectivity index (χ2n) is 4.15. The topological polar surface area (TPSA) is 26.0 Å². The lowest BCUT2D eigenvalue weighted by molar-refractivity contribution is 0.699. The Balaban J connectivity index is 2.29. The average molecular weight is 290 g/mol. The fourth-order valence-electron chi connectivity index (χ4n) is 1.83. The summed E-state index contributed by atoms with van der Waals surface area (Å²) in [7, 11) is 0. The minimum Gasteiger partial charge on any atom is -0.324 e. The minimum absolute atomic E-state index is 0.145. The summed E-state index contributed by atoms with van der Waals surface area (Å²) < 4.78 is 1.10. The normalized spacial score (nSPS) is 12.4. The van der Waals surface area contributed by atoms with Crippen LogP contribution in [0.5, 0.6) is 0 Å². The largest absolute Gasteiger partial charge is 0.324 e. The van der Waals surface area contributed by atoms with E-state index in [4.69, 9.17) is 5.73 Å². The van der Waals surface area contributed by atoms with Crippen LogP contribution in [0.4, 0.5) is 0 Å². The third-order valence-corrected chi connectivity index (χ3v) is 3.43. The summed E-state index contributed by atoms with van der Waals surface area (Å²) in [5, 5.41) is 0.